The molecule has 0 aromatic heterocycles. The second kappa shape index (κ2) is 8.89. The lowest BCUT2D eigenvalue weighted by molar-refractivity contribution is 0.0957. The molecule has 2 rings (SSSR count). The van der Waals surface area contributed by atoms with E-state index in [1.807, 2.05) is 12.2 Å². The normalized spacial score (nSPS) is 29.9. The minimum atomic E-state index is 0.398. The maximum Gasteiger partial charge on any atom is 0.0824 e. The van der Waals surface area contributed by atoms with Crippen LogP contribution in [0.2, 0.25) is 0 Å². The van der Waals surface area contributed by atoms with Gasteiger partial charge in [0.2, 0.25) is 0 Å². The van der Waals surface area contributed by atoms with Crippen molar-refractivity contribution in [2.24, 2.45) is 0 Å². The molecule has 0 amide bonds. The van der Waals surface area contributed by atoms with Crippen molar-refractivity contribution < 1.29 is 0 Å². The first kappa shape index (κ1) is 18.5. The maximum atomic E-state index is 6.06. The summed E-state index contributed by atoms with van der Waals surface area (Å²) in [5.41, 5.74) is 4.38. The van der Waals surface area contributed by atoms with Crippen molar-refractivity contribution >= 4 is 11.6 Å². The number of nitrogens with zero attached hydrogens (tertiary/aromatic N) is 1. The summed E-state index contributed by atoms with van der Waals surface area (Å²) in [7, 11) is 2.27. The number of likely N-dealkylation sites (tertiary alicyclic amines) is 1. The first-order chi connectivity index (χ1) is 11.0. The highest BCUT2D eigenvalue weighted by Crippen LogP contribution is 2.25. The van der Waals surface area contributed by atoms with E-state index < -0.39 is 0 Å². The van der Waals surface area contributed by atoms with Gasteiger partial charge in [-0.1, -0.05) is 37.9 Å². The van der Waals surface area contributed by atoms with Crippen LogP contribution >= 0.6 is 11.6 Å². The molecule has 1 N–H and O–H groups in total. The van der Waals surface area contributed by atoms with E-state index in [1.165, 1.54) is 31.3 Å². The third kappa shape index (κ3) is 5.09. The summed E-state index contributed by atoms with van der Waals surface area (Å²) in [4.78, 5) is 2.55. The standard InChI is InChI=1S/C20H31ClN2/c1-5-8-20(16-9-7-10-17(21)12-11-16)22-18-13-15(3)23(4)19(6-2)14-18/h7,9,11-12,15,18-20,22H,5-6,8,13-14H2,1-4H3/t15?,18?,19-,20?/m0/s1. The number of hydrogen-bond donors (Lipinski definition) is 1. The average molecular weight is 335 g/mol. The maximum absolute atomic E-state index is 6.06. The zero-order valence-electron chi connectivity index (χ0n) is 15.0. The van der Waals surface area contributed by atoms with Crippen molar-refractivity contribution in [1.29, 1.82) is 0 Å². The smallest absolute Gasteiger partial charge is 0.0824 e. The molecule has 1 saturated heterocycles. The van der Waals surface area contributed by atoms with Crippen LogP contribution in [-0.4, -0.2) is 36.1 Å². The topological polar surface area (TPSA) is 15.3 Å². The third-order valence-corrected chi connectivity index (χ3v) is 5.50. The molecule has 0 aromatic carbocycles. The monoisotopic (exact) mass is 334 g/mol. The Balaban J connectivity index is 2.06. The molecule has 0 bridgehead atoms. The summed E-state index contributed by atoms with van der Waals surface area (Å²) in [5, 5.41) is 4.61. The molecule has 3 unspecified atom stereocenters. The molecule has 0 spiro atoms. The molecule has 1 aliphatic carbocycles. The fraction of sp³-hybridized carbons (Fsp3) is 0.650. The molecule has 0 aromatic rings. The third-order valence-electron chi connectivity index (χ3n) is 5.26. The van der Waals surface area contributed by atoms with E-state index in [2.05, 4.69) is 55.9 Å². The van der Waals surface area contributed by atoms with E-state index >= 15 is 0 Å². The van der Waals surface area contributed by atoms with Gasteiger partial charge < -0.3 is 10.2 Å². The number of piperidine rings is 1. The Bertz CT molecular complexity index is 514. The van der Waals surface area contributed by atoms with E-state index in [0.29, 0.717) is 29.2 Å². The zero-order chi connectivity index (χ0) is 16.8. The Kier molecular flexibility index (Phi) is 7.17. The lowest BCUT2D eigenvalue weighted by atomic mass is 9.89. The summed E-state index contributed by atoms with van der Waals surface area (Å²) < 4.78 is 0. The molecule has 2 aliphatic rings. The predicted molar refractivity (Wildman–Crippen MR) is 101 cm³/mol. The van der Waals surface area contributed by atoms with E-state index in [-0.39, 0.29) is 0 Å². The first-order valence-corrected chi connectivity index (χ1v) is 9.41. The van der Waals surface area contributed by atoms with Gasteiger partial charge in [-0.15, -0.1) is 5.73 Å². The van der Waals surface area contributed by atoms with Crippen molar-refractivity contribution in [1.82, 2.24) is 10.2 Å². The van der Waals surface area contributed by atoms with Crippen molar-refractivity contribution in [2.45, 2.75) is 77.0 Å². The van der Waals surface area contributed by atoms with Gasteiger partial charge in [0.1, 0.15) is 0 Å². The van der Waals surface area contributed by atoms with Gasteiger partial charge in [0.05, 0.1) is 5.03 Å². The highest BCUT2D eigenvalue weighted by Gasteiger charge is 2.31. The van der Waals surface area contributed by atoms with Gasteiger partial charge in [0.15, 0.2) is 0 Å². The van der Waals surface area contributed by atoms with Gasteiger partial charge in [0, 0.05) is 24.2 Å². The van der Waals surface area contributed by atoms with Crippen LogP contribution in [0.25, 0.3) is 0 Å². The molecule has 2 nitrogen and oxygen atoms in total. The average Bonchev–Trinajstić information content (AvgIpc) is 2.75. The number of nitrogens with one attached hydrogen (secondary N) is 1. The minimum absolute atomic E-state index is 0.398. The van der Waals surface area contributed by atoms with Crippen LogP contribution in [0.15, 0.2) is 40.6 Å². The van der Waals surface area contributed by atoms with Crippen LogP contribution in [-0.2, 0) is 0 Å². The second-order valence-corrected chi connectivity index (χ2v) is 7.32. The lowest BCUT2D eigenvalue weighted by Crippen LogP contribution is -2.53. The number of halogens is 1. The second-order valence-electron chi connectivity index (χ2n) is 6.91. The van der Waals surface area contributed by atoms with Gasteiger partial charge in [-0.05, 0) is 63.5 Å². The molecule has 23 heavy (non-hydrogen) atoms. The Morgan fingerprint density at radius 2 is 2.13 bits per heavy atom. The molecule has 1 fully saturated rings. The van der Waals surface area contributed by atoms with E-state index in [1.54, 1.807) is 0 Å². The van der Waals surface area contributed by atoms with Gasteiger partial charge in [-0.3, -0.25) is 0 Å². The van der Waals surface area contributed by atoms with Crippen LogP contribution in [0, 0.1) is 0 Å². The molecule has 1 aliphatic heterocycles. The predicted octanol–water partition coefficient (Wildman–Crippen LogP) is 4.78. The Morgan fingerprint density at radius 3 is 2.83 bits per heavy atom. The molecule has 4 atom stereocenters. The number of rotatable bonds is 6. The Hall–Kier alpha value is -0.790. The Labute approximate surface area is 147 Å². The van der Waals surface area contributed by atoms with Crippen LogP contribution in [0.5, 0.6) is 0 Å². The fourth-order valence-electron chi connectivity index (χ4n) is 3.76. The molecular weight excluding hydrogens is 304 g/mol. The summed E-state index contributed by atoms with van der Waals surface area (Å²) in [5.74, 6) is 0. The van der Waals surface area contributed by atoms with E-state index in [9.17, 15) is 0 Å². The number of allylic oxidation sites excluding steroid dienone is 3. The van der Waals surface area contributed by atoms with Crippen LogP contribution in [0.4, 0.5) is 0 Å². The van der Waals surface area contributed by atoms with Gasteiger partial charge in [-0.2, -0.15) is 0 Å². The van der Waals surface area contributed by atoms with E-state index in [0.717, 1.165) is 6.42 Å². The van der Waals surface area contributed by atoms with Gasteiger partial charge >= 0.3 is 0 Å². The van der Waals surface area contributed by atoms with E-state index in [4.69, 9.17) is 11.6 Å². The summed E-state index contributed by atoms with van der Waals surface area (Å²) >= 11 is 6.06. The fourth-order valence-corrected chi connectivity index (χ4v) is 3.89. The summed E-state index contributed by atoms with van der Waals surface area (Å²) in [6.45, 7) is 6.90. The quantitative estimate of drug-likeness (QED) is 0.703. The number of hydrogen-bond acceptors (Lipinski definition) is 2. The lowest BCUT2D eigenvalue weighted by Gasteiger charge is -2.43. The van der Waals surface area contributed by atoms with Crippen LogP contribution in [0.1, 0.15) is 52.9 Å². The summed E-state index contributed by atoms with van der Waals surface area (Å²) in [6, 6.07) is 2.32. The largest absolute Gasteiger partial charge is 0.307 e. The molecule has 1 heterocycles. The SMILES string of the molecule is CCCC(NC1CC(C)N(C)[C@@H](CC)C1)C1=CC=C=C(Cl)C=C1. The summed E-state index contributed by atoms with van der Waals surface area (Å²) in [6.07, 6.45) is 14.2. The van der Waals surface area contributed by atoms with Crippen LogP contribution in [0.3, 0.4) is 0 Å². The molecule has 128 valence electrons. The highest BCUT2D eigenvalue weighted by molar-refractivity contribution is 6.31. The van der Waals surface area contributed by atoms with Gasteiger partial charge in [0.25, 0.3) is 0 Å². The van der Waals surface area contributed by atoms with Crippen molar-refractivity contribution in [3.05, 3.63) is 40.6 Å². The molecular formula is C20H31ClN2. The molecule has 3 heteroatoms. The zero-order valence-corrected chi connectivity index (χ0v) is 15.7. The molecule has 0 radical (unpaired) electrons. The van der Waals surface area contributed by atoms with Gasteiger partial charge in [-0.25, -0.2) is 0 Å². The Morgan fingerprint density at radius 1 is 1.35 bits per heavy atom. The highest BCUT2D eigenvalue weighted by atomic mass is 35.5. The first-order valence-electron chi connectivity index (χ1n) is 9.03. The minimum Gasteiger partial charge on any atom is -0.307 e. The van der Waals surface area contributed by atoms with Crippen molar-refractivity contribution in [2.75, 3.05) is 7.05 Å². The van der Waals surface area contributed by atoms with Crippen molar-refractivity contribution in [3.63, 3.8) is 0 Å². The van der Waals surface area contributed by atoms with Crippen LogP contribution < -0.4 is 5.32 Å². The molecule has 0 saturated carbocycles. The van der Waals surface area contributed by atoms with Crippen molar-refractivity contribution in [3.8, 4) is 0 Å².